The van der Waals surface area contributed by atoms with Crippen molar-refractivity contribution in [2.24, 2.45) is 11.8 Å². The topological polar surface area (TPSA) is 75.2 Å². The van der Waals surface area contributed by atoms with E-state index in [1.165, 1.54) is 19.3 Å². The zero-order valence-corrected chi connectivity index (χ0v) is 16.4. The van der Waals surface area contributed by atoms with Crippen LogP contribution in [0.4, 0.5) is 0 Å². The SMILES string of the molecule is Cc1nnsc1C(=O)N1C[C@@H]2CCCC[C@@H]2C[C@@H]1C(=O)NC(C)(C)C. The molecule has 0 bridgehead atoms. The van der Waals surface area contributed by atoms with Crippen molar-refractivity contribution in [3.05, 3.63) is 10.6 Å². The number of aryl methyl sites for hydroxylation is 1. The molecule has 1 aliphatic heterocycles. The summed E-state index contributed by atoms with van der Waals surface area (Å²) < 4.78 is 3.89. The highest BCUT2D eigenvalue weighted by molar-refractivity contribution is 7.08. The fourth-order valence-electron chi connectivity index (χ4n) is 4.11. The average molecular weight is 365 g/mol. The molecule has 1 saturated heterocycles. The van der Waals surface area contributed by atoms with Gasteiger partial charge in [-0.3, -0.25) is 9.59 Å². The Hall–Kier alpha value is -1.50. The van der Waals surface area contributed by atoms with Gasteiger partial charge in [-0.05, 0) is 63.9 Å². The lowest BCUT2D eigenvalue weighted by molar-refractivity contribution is -0.130. The van der Waals surface area contributed by atoms with Gasteiger partial charge in [0.15, 0.2) is 0 Å². The van der Waals surface area contributed by atoms with Gasteiger partial charge >= 0.3 is 0 Å². The van der Waals surface area contributed by atoms with E-state index in [1.807, 2.05) is 20.8 Å². The number of rotatable bonds is 2. The van der Waals surface area contributed by atoms with E-state index in [1.54, 1.807) is 11.8 Å². The van der Waals surface area contributed by atoms with Crippen LogP contribution in [0.15, 0.2) is 0 Å². The van der Waals surface area contributed by atoms with Crippen LogP contribution in [0.2, 0.25) is 0 Å². The lowest BCUT2D eigenvalue weighted by atomic mass is 9.72. The zero-order chi connectivity index (χ0) is 18.2. The van der Waals surface area contributed by atoms with Crippen LogP contribution in [0.25, 0.3) is 0 Å². The Bertz CT molecular complexity index is 652. The quantitative estimate of drug-likeness (QED) is 0.875. The first kappa shape index (κ1) is 18.3. The fourth-order valence-corrected chi connectivity index (χ4v) is 4.73. The van der Waals surface area contributed by atoms with Crippen molar-refractivity contribution in [3.63, 3.8) is 0 Å². The molecule has 6 nitrogen and oxygen atoms in total. The van der Waals surface area contributed by atoms with E-state index in [9.17, 15) is 9.59 Å². The Morgan fingerprint density at radius 2 is 1.88 bits per heavy atom. The monoisotopic (exact) mass is 364 g/mol. The summed E-state index contributed by atoms with van der Waals surface area (Å²) in [4.78, 5) is 28.4. The van der Waals surface area contributed by atoms with Crippen LogP contribution in [0, 0.1) is 18.8 Å². The van der Waals surface area contributed by atoms with Crippen LogP contribution in [0.1, 0.15) is 68.2 Å². The summed E-state index contributed by atoms with van der Waals surface area (Å²) in [6.45, 7) is 8.39. The third kappa shape index (κ3) is 4.02. The van der Waals surface area contributed by atoms with Crippen molar-refractivity contribution in [2.75, 3.05) is 6.54 Å². The summed E-state index contributed by atoms with van der Waals surface area (Å²) in [5, 5.41) is 7.03. The number of nitrogens with one attached hydrogen (secondary N) is 1. The lowest BCUT2D eigenvalue weighted by Crippen LogP contribution is -2.59. The minimum Gasteiger partial charge on any atom is -0.350 e. The van der Waals surface area contributed by atoms with Crippen LogP contribution in [0.3, 0.4) is 0 Å². The molecule has 138 valence electrons. The van der Waals surface area contributed by atoms with E-state index in [0.717, 1.165) is 24.4 Å². The molecule has 0 radical (unpaired) electrons. The van der Waals surface area contributed by atoms with Gasteiger partial charge in [-0.2, -0.15) is 0 Å². The van der Waals surface area contributed by atoms with Crippen molar-refractivity contribution >= 4 is 23.3 Å². The van der Waals surface area contributed by atoms with Crippen molar-refractivity contribution in [3.8, 4) is 0 Å². The molecule has 0 aromatic carbocycles. The number of hydrogen-bond donors (Lipinski definition) is 1. The summed E-state index contributed by atoms with van der Waals surface area (Å²) in [5.74, 6) is 0.928. The predicted octanol–water partition coefficient (Wildman–Crippen LogP) is 2.78. The molecule has 2 aliphatic rings. The Labute approximate surface area is 153 Å². The normalized spacial score (nSPS) is 26.9. The second-order valence-corrected chi connectivity index (χ2v) is 9.19. The summed E-state index contributed by atoms with van der Waals surface area (Å²) in [7, 11) is 0. The smallest absolute Gasteiger partial charge is 0.268 e. The highest BCUT2D eigenvalue weighted by atomic mass is 32.1. The van der Waals surface area contributed by atoms with Gasteiger partial charge in [0.05, 0.1) is 5.69 Å². The third-order valence-electron chi connectivity index (χ3n) is 5.31. The maximum absolute atomic E-state index is 13.1. The molecule has 25 heavy (non-hydrogen) atoms. The van der Waals surface area contributed by atoms with Crippen molar-refractivity contribution in [1.82, 2.24) is 19.8 Å². The first-order valence-electron chi connectivity index (χ1n) is 9.18. The largest absolute Gasteiger partial charge is 0.350 e. The molecule has 2 heterocycles. The van der Waals surface area contributed by atoms with Gasteiger partial charge in [0.25, 0.3) is 5.91 Å². The zero-order valence-electron chi connectivity index (χ0n) is 15.5. The van der Waals surface area contributed by atoms with E-state index in [4.69, 9.17) is 0 Å². The van der Waals surface area contributed by atoms with E-state index in [2.05, 4.69) is 14.9 Å². The Balaban J connectivity index is 1.86. The molecule has 2 amide bonds. The summed E-state index contributed by atoms with van der Waals surface area (Å²) in [6.07, 6.45) is 5.56. The van der Waals surface area contributed by atoms with E-state index >= 15 is 0 Å². The van der Waals surface area contributed by atoms with Gasteiger partial charge < -0.3 is 10.2 Å². The third-order valence-corrected chi connectivity index (χ3v) is 6.12. The summed E-state index contributed by atoms with van der Waals surface area (Å²) in [5.41, 5.74) is 0.340. The molecule has 1 aliphatic carbocycles. The van der Waals surface area contributed by atoms with Crippen molar-refractivity contribution in [2.45, 2.75) is 71.4 Å². The maximum Gasteiger partial charge on any atom is 0.268 e. The number of fused-ring (bicyclic) bond motifs is 1. The van der Waals surface area contributed by atoms with Gasteiger partial charge in [-0.1, -0.05) is 23.8 Å². The Morgan fingerprint density at radius 3 is 2.48 bits per heavy atom. The van der Waals surface area contributed by atoms with Crippen LogP contribution in [-0.4, -0.2) is 44.4 Å². The van der Waals surface area contributed by atoms with Crippen LogP contribution in [0.5, 0.6) is 0 Å². The molecular weight excluding hydrogens is 336 g/mol. The Kier molecular flexibility index (Phi) is 5.14. The summed E-state index contributed by atoms with van der Waals surface area (Å²) >= 11 is 1.12. The highest BCUT2D eigenvalue weighted by Gasteiger charge is 2.43. The molecule has 2 fully saturated rings. The number of carbonyl (C=O) groups excluding carboxylic acids is 2. The van der Waals surface area contributed by atoms with E-state index in [0.29, 0.717) is 29.0 Å². The maximum atomic E-state index is 13.1. The number of hydrogen-bond acceptors (Lipinski definition) is 5. The van der Waals surface area contributed by atoms with Gasteiger partial charge in [0.1, 0.15) is 10.9 Å². The molecule has 7 heteroatoms. The molecule has 1 saturated carbocycles. The number of aromatic nitrogens is 2. The number of piperidine rings is 1. The first-order valence-corrected chi connectivity index (χ1v) is 9.95. The fraction of sp³-hybridized carbons (Fsp3) is 0.778. The van der Waals surface area contributed by atoms with Gasteiger partial charge in [0.2, 0.25) is 5.91 Å². The van der Waals surface area contributed by atoms with E-state index < -0.39 is 6.04 Å². The van der Waals surface area contributed by atoms with Crippen LogP contribution < -0.4 is 5.32 Å². The van der Waals surface area contributed by atoms with Crippen molar-refractivity contribution < 1.29 is 9.59 Å². The molecule has 0 unspecified atom stereocenters. The molecular formula is C18H28N4O2S. The first-order chi connectivity index (χ1) is 11.8. The van der Waals surface area contributed by atoms with Crippen LogP contribution >= 0.6 is 11.5 Å². The lowest BCUT2D eigenvalue weighted by Gasteiger charge is -2.45. The molecule has 1 N–H and O–H groups in total. The van der Waals surface area contributed by atoms with Gasteiger partial charge in [-0.25, -0.2) is 0 Å². The number of nitrogens with zero attached hydrogens (tertiary/aromatic N) is 3. The molecule has 1 aromatic heterocycles. The minimum atomic E-state index is -0.396. The van der Waals surface area contributed by atoms with Gasteiger partial charge in [0, 0.05) is 12.1 Å². The molecule has 3 rings (SSSR count). The van der Waals surface area contributed by atoms with Crippen molar-refractivity contribution in [1.29, 1.82) is 0 Å². The predicted molar refractivity (Wildman–Crippen MR) is 97.4 cm³/mol. The highest BCUT2D eigenvalue weighted by Crippen LogP contribution is 2.39. The average Bonchev–Trinajstić information content (AvgIpc) is 2.97. The number of likely N-dealkylation sites (tertiary alicyclic amines) is 1. The second-order valence-electron chi connectivity index (χ2n) is 8.44. The van der Waals surface area contributed by atoms with E-state index in [-0.39, 0.29) is 17.4 Å². The minimum absolute atomic E-state index is 0.0417. The standard InChI is InChI=1S/C18H28N4O2S/c1-11-15(25-21-20-11)17(24)22-10-13-8-6-5-7-12(13)9-14(22)16(23)19-18(2,3)4/h12-14H,5-10H2,1-4H3,(H,19,23)/t12-,13+,14-/m1/s1. The second kappa shape index (κ2) is 7.02. The van der Waals surface area contributed by atoms with Crippen LogP contribution in [-0.2, 0) is 4.79 Å². The molecule has 1 aromatic rings. The van der Waals surface area contributed by atoms with Gasteiger partial charge in [-0.15, -0.1) is 5.10 Å². The number of amides is 2. The molecule has 0 spiro atoms. The summed E-state index contributed by atoms with van der Waals surface area (Å²) in [6, 6.07) is -0.396. The number of carbonyl (C=O) groups is 2. The Morgan fingerprint density at radius 1 is 1.20 bits per heavy atom. The molecule has 3 atom stereocenters.